The van der Waals surface area contributed by atoms with E-state index in [2.05, 4.69) is 43.9 Å². The molecule has 0 aliphatic carbocycles. The molecule has 0 N–H and O–H groups in total. The van der Waals surface area contributed by atoms with Crippen LogP contribution in [0.4, 0.5) is 0 Å². The van der Waals surface area contributed by atoms with Crippen molar-refractivity contribution in [3.8, 4) is 27.0 Å². The molecule has 0 aliphatic rings. The van der Waals surface area contributed by atoms with Gasteiger partial charge in [0.1, 0.15) is 17.1 Å². The highest BCUT2D eigenvalue weighted by atomic mass is 35.5. The van der Waals surface area contributed by atoms with Crippen molar-refractivity contribution >= 4 is 115 Å². The molecule has 0 saturated heterocycles. The summed E-state index contributed by atoms with van der Waals surface area (Å²) in [6.07, 6.45) is 3.79. The van der Waals surface area contributed by atoms with E-state index in [4.69, 9.17) is 29.8 Å². The number of nitrogens with zero attached hydrogens (tertiary/aromatic N) is 4. The first-order chi connectivity index (χ1) is 19.0. The molecule has 4 nitrogen and oxygen atoms in total. The second kappa shape index (κ2) is 11.2. The monoisotopic (exact) mass is 634 g/mol. The van der Waals surface area contributed by atoms with Crippen molar-refractivity contribution in [2.24, 2.45) is 0 Å². The van der Waals surface area contributed by atoms with E-state index in [9.17, 15) is 5.26 Å². The Morgan fingerprint density at radius 2 is 1.31 bits per heavy atom. The maximum atomic E-state index is 9.66. The van der Waals surface area contributed by atoms with Gasteiger partial charge in [-0.05, 0) is 54.6 Å². The summed E-state index contributed by atoms with van der Waals surface area (Å²) in [5.74, 6) is 0. The van der Waals surface area contributed by atoms with Crippen molar-refractivity contribution in [2.45, 2.75) is 0 Å². The maximum absolute atomic E-state index is 9.66. The van der Waals surface area contributed by atoms with Crippen LogP contribution in [0.3, 0.4) is 0 Å². The minimum Gasteiger partial charge on any atom is -0.237 e. The van der Waals surface area contributed by atoms with Gasteiger partial charge in [0.05, 0.1) is 32.5 Å². The van der Waals surface area contributed by atoms with E-state index < -0.39 is 0 Å². The standard InChI is InChI=1S/C28H12Cl2N4S5/c1-32-20(24-9-11-26(30)38-24)13-17-3-7-23(36-17)19-5-4-18(27-28(19)34-39-33-27)22-6-2-16(35-22)12-15(14-31)21-8-10-25(29)37-21/h2-13H/b15-12+,20-13-. The number of hydrogen-bond donors (Lipinski definition) is 0. The molecule has 39 heavy (non-hydrogen) atoms. The van der Waals surface area contributed by atoms with Crippen molar-refractivity contribution in [1.82, 2.24) is 8.75 Å². The highest BCUT2D eigenvalue weighted by Crippen LogP contribution is 2.41. The van der Waals surface area contributed by atoms with E-state index in [0.717, 1.165) is 51.4 Å². The minimum absolute atomic E-state index is 0.570. The predicted molar refractivity (Wildman–Crippen MR) is 171 cm³/mol. The van der Waals surface area contributed by atoms with Crippen LogP contribution in [0.2, 0.25) is 8.67 Å². The molecule has 0 radical (unpaired) electrons. The number of allylic oxidation sites excluding steroid dienone is 1. The van der Waals surface area contributed by atoms with Gasteiger partial charge in [-0.2, -0.15) is 14.0 Å². The van der Waals surface area contributed by atoms with Crippen LogP contribution in [0.15, 0.2) is 60.7 Å². The lowest BCUT2D eigenvalue weighted by Crippen LogP contribution is -1.81. The average Bonchev–Trinajstić information content (AvgIpc) is 3.76. The van der Waals surface area contributed by atoms with Gasteiger partial charge in [0, 0.05) is 40.4 Å². The summed E-state index contributed by atoms with van der Waals surface area (Å²) in [6, 6.07) is 21.9. The number of fused-ring (bicyclic) bond motifs is 1. The summed E-state index contributed by atoms with van der Waals surface area (Å²) in [5.41, 5.74) is 4.87. The van der Waals surface area contributed by atoms with Gasteiger partial charge in [-0.1, -0.05) is 41.4 Å². The Hall–Kier alpha value is -3.12. The SMILES string of the molecule is [C-]#[N+]/C(=C\c1ccc(-c2ccc(-c3ccc(/C=C(\C#N)c4ccc(Cl)s4)s3)c3nsnc23)s1)c1ccc(Cl)s1. The molecule has 0 atom stereocenters. The Balaban J connectivity index is 1.32. The zero-order valence-electron chi connectivity index (χ0n) is 19.5. The molecule has 0 aliphatic heterocycles. The maximum Gasteiger partial charge on any atom is 0.205 e. The van der Waals surface area contributed by atoms with Crippen molar-refractivity contribution in [2.75, 3.05) is 0 Å². The Morgan fingerprint density at radius 3 is 1.82 bits per heavy atom. The number of nitriles is 1. The van der Waals surface area contributed by atoms with Crippen LogP contribution in [0.1, 0.15) is 19.5 Å². The first kappa shape index (κ1) is 26.1. The van der Waals surface area contributed by atoms with Crippen LogP contribution in [-0.2, 0) is 0 Å². The molecule has 6 aromatic rings. The molecule has 1 aromatic carbocycles. The van der Waals surface area contributed by atoms with Crippen molar-refractivity contribution in [3.05, 3.63) is 100 Å². The quantitative estimate of drug-likeness (QED) is 0.135. The summed E-state index contributed by atoms with van der Waals surface area (Å²) in [7, 11) is 0. The summed E-state index contributed by atoms with van der Waals surface area (Å²) >= 11 is 19.3. The summed E-state index contributed by atoms with van der Waals surface area (Å²) in [4.78, 5) is 9.47. The Morgan fingerprint density at radius 1 is 0.744 bits per heavy atom. The Bertz CT molecular complexity index is 1850. The second-order valence-electron chi connectivity index (χ2n) is 8.04. The third-order valence-corrected chi connectivity index (χ3v) is 10.8. The largest absolute Gasteiger partial charge is 0.237 e. The molecular formula is C28H12Cl2N4S5. The molecule has 0 fully saturated rings. The van der Waals surface area contributed by atoms with Gasteiger partial charge < -0.3 is 0 Å². The zero-order valence-corrected chi connectivity index (χ0v) is 25.1. The molecule has 0 unspecified atom stereocenters. The topological polar surface area (TPSA) is 53.9 Å². The lowest BCUT2D eigenvalue weighted by Gasteiger charge is -2.03. The molecule has 188 valence electrons. The average molecular weight is 636 g/mol. The Kier molecular flexibility index (Phi) is 7.48. The smallest absolute Gasteiger partial charge is 0.205 e. The van der Waals surface area contributed by atoms with E-state index in [1.807, 2.05) is 42.5 Å². The van der Waals surface area contributed by atoms with Crippen LogP contribution in [0.5, 0.6) is 0 Å². The molecule has 0 amide bonds. The number of rotatable bonds is 6. The summed E-state index contributed by atoms with van der Waals surface area (Å²) in [6.45, 7) is 7.60. The third kappa shape index (κ3) is 5.36. The highest BCUT2D eigenvalue weighted by molar-refractivity contribution is 7.18. The fourth-order valence-corrected chi connectivity index (χ4v) is 8.46. The molecule has 6 rings (SSSR count). The number of benzene rings is 1. The number of halogens is 2. The Labute approximate surface area is 254 Å². The van der Waals surface area contributed by atoms with Crippen LogP contribution in [-0.4, -0.2) is 8.75 Å². The van der Waals surface area contributed by atoms with Gasteiger partial charge >= 0.3 is 0 Å². The van der Waals surface area contributed by atoms with Gasteiger partial charge in [-0.25, -0.2) is 4.85 Å². The summed E-state index contributed by atoms with van der Waals surface area (Å²) < 4.78 is 10.6. The van der Waals surface area contributed by atoms with Gasteiger partial charge in [-0.15, -0.1) is 45.3 Å². The molecular weight excluding hydrogens is 624 g/mol. The van der Waals surface area contributed by atoms with Crippen molar-refractivity contribution in [1.29, 1.82) is 5.26 Å². The van der Waals surface area contributed by atoms with Gasteiger partial charge in [0.25, 0.3) is 0 Å². The molecule has 11 heteroatoms. The fourth-order valence-electron chi connectivity index (χ4n) is 3.92. The van der Waals surface area contributed by atoms with E-state index in [1.165, 1.54) is 34.4 Å². The molecule has 0 saturated carbocycles. The third-order valence-electron chi connectivity index (χ3n) is 5.67. The molecule has 5 aromatic heterocycles. The van der Waals surface area contributed by atoms with E-state index in [-0.39, 0.29) is 0 Å². The molecule has 0 spiro atoms. The molecule has 5 heterocycles. The van der Waals surface area contributed by atoms with E-state index in [0.29, 0.717) is 19.9 Å². The highest BCUT2D eigenvalue weighted by Gasteiger charge is 2.16. The fraction of sp³-hybridized carbons (Fsp3) is 0. The first-order valence-corrected chi connectivity index (χ1v) is 16.0. The number of hydrogen-bond acceptors (Lipinski definition) is 8. The van der Waals surface area contributed by atoms with E-state index in [1.54, 1.807) is 28.7 Å². The van der Waals surface area contributed by atoms with Crippen LogP contribution in [0, 0.1) is 17.9 Å². The normalized spacial score (nSPS) is 12.1. The predicted octanol–water partition coefficient (Wildman–Crippen LogP) is 11.1. The van der Waals surface area contributed by atoms with Crippen LogP contribution in [0.25, 0.3) is 60.2 Å². The van der Waals surface area contributed by atoms with Gasteiger partial charge in [0.2, 0.25) is 5.70 Å². The van der Waals surface area contributed by atoms with Crippen LogP contribution >= 0.6 is 80.3 Å². The number of thiophene rings is 4. The lowest BCUT2D eigenvalue weighted by molar-refractivity contribution is 1.54. The second-order valence-corrected chi connectivity index (χ2v) is 14.2. The first-order valence-electron chi connectivity index (χ1n) is 11.2. The van der Waals surface area contributed by atoms with E-state index >= 15 is 0 Å². The molecule has 0 bridgehead atoms. The van der Waals surface area contributed by atoms with Crippen molar-refractivity contribution in [3.63, 3.8) is 0 Å². The van der Waals surface area contributed by atoms with Crippen molar-refractivity contribution < 1.29 is 0 Å². The van der Waals surface area contributed by atoms with Gasteiger partial charge in [0.15, 0.2) is 0 Å². The van der Waals surface area contributed by atoms with Gasteiger partial charge in [-0.3, -0.25) is 0 Å². The zero-order chi connectivity index (χ0) is 26.9. The lowest BCUT2D eigenvalue weighted by atomic mass is 10.1. The number of aromatic nitrogens is 2. The van der Waals surface area contributed by atoms with Crippen LogP contribution < -0.4 is 0 Å². The summed E-state index contributed by atoms with van der Waals surface area (Å²) in [5, 5.41) is 9.66. The minimum atomic E-state index is 0.570.